The van der Waals surface area contributed by atoms with Crippen molar-refractivity contribution >= 4 is 5.97 Å². The molecule has 190 valence electrons. The Balaban J connectivity index is 1.49. The Morgan fingerprint density at radius 1 is 0.919 bits per heavy atom. The van der Waals surface area contributed by atoms with Gasteiger partial charge in [0.25, 0.3) is 0 Å². The molecule has 0 radical (unpaired) electrons. The molecule has 1 aromatic heterocycles. The fraction of sp³-hybridized carbons (Fsp3) is 0.148. The molecule has 0 bridgehead atoms. The maximum absolute atomic E-state index is 13.8. The number of hydrogen-bond acceptors (Lipinski definition) is 5. The summed E-state index contributed by atoms with van der Waals surface area (Å²) in [5.74, 6) is -1.87. The van der Waals surface area contributed by atoms with Crippen molar-refractivity contribution in [3.8, 4) is 28.3 Å². The molecule has 0 aliphatic heterocycles. The van der Waals surface area contributed by atoms with Crippen LogP contribution in [0.5, 0.6) is 5.88 Å². The van der Waals surface area contributed by atoms with Crippen LogP contribution in [0.3, 0.4) is 0 Å². The number of rotatable bonds is 8. The van der Waals surface area contributed by atoms with Gasteiger partial charge in [0, 0.05) is 11.1 Å². The van der Waals surface area contributed by atoms with Gasteiger partial charge in [0.05, 0.1) is 18.1 Å². The number of hydrogen-bond donors (Lipinski definition) is 2. The molecule has 0 aliphatic carbocycles. The van der Waals surface area contributed by atoms with Crippen LogP contribution in [0.1, 0.15) is 17.2 Å². The predicted octanol–water partition coefficient (Wildman–Crippen LogP) is 5.59. The first-order valence-electron chi connectivity index (χ1n) is 11.1. The number of benzene rings is 3. The van der Waals surface area contributed by atoms with Crippen molar-refractivity contribution in [2.75, 3.05) is 0 Å². The quantitative estimate of drug-likeness (QED) is 0.300. The van der Waals surface area contributed by atoms with Crippen LogP contribution in [-0.4, -0.2) is 33.3 Å². The Bertz CT molecular complexity index is 1360. The monoisotopic (exact) mass is 511 g/mol. The van der Waals surface area contributed by atoms with Crippen molar-refractivity contribution in [2.24, 2.45) is 5.73 Å². The number of nitrogens with two attached hydrogens (primary N) is 1. The van der Waals surface area contributed by atoms with E-state index >= 15 is 0 Å². The molecular weight excluding hydrogens is 490 g/mol. The lowest BCUT2D eigenvalue weighted by Gasteiger charge is -2.21. The van der Waals surface area contributed by atoms with Crippen molar-refractivity contribution in [2.45, 2.75) is 24.7 Å². The molecule has 2 atom stereocenters. The topological polar surface area (TPSA) is 98.3 Å². The highest BCUT2D eigenvalue weighted by molar-refractivity contribution is 5.73. The van der Waals surface area contributed by atoms with E-state index in [1.54, 1.807) is 30.3 Å². The minimum Gasteiger partial charge on any atom is -0.480 e. The molecular formula is C27H21F4N3O3. The smallest absolute Gasteiger partial charge is 0.429 e. The van der Waals surface area contributed by atoms with E-state index in [9.17, 15) is 22.4 Å². The van der Waals surface area contributed by atoms with Gasteiger partial charge < -0.3 is 15.6 Å². The Labute approximate surface area is 209 Å². The lowest BCUT2D eigenvalue weighted by atomic mass is 10.0. The van der Waals surface area contributed by atoms with Crippen LogP contribution in [0, 0.1) is 5.82 Å². The Kier molecular flexibility index (Phi) is 7.49. The van der Waals surface area contributed by atoms with E-state index in [1.807, 2.05) is 0 Å². The van der Waals surface area contributed by atoms with E-state index in [1.165, 1.54) is 48.7 Å². The minimum atomic E-state index is -4.73. The molecule has 0 aliphatic rings. The fourth-order valence-corrected chi connectivity index (χ4v) is 3.64. The number of carbonyl (C=O) groups is 1. The highest BCUT2D eigenvalue weighted by Crippen LogP contribution is 2.37. The first kappa shape index (κ1) is 25.8. The molecule has 10 heteroatoms. The average molecular weight is 511 g/mol. The van der Waals surface area contributed by atoms with E-state index in [2.05, 4.69) is 9.97 Å². The zero-order chi connectivity index (χ0) is 26.6. The molecule has 37 heavy (non-hydrogen) atoms. The summed E-state index contributed by atoms with van der Waals surface area (Å²) in [6.45, 7) is 0. The summed E-state index contributed by atoms with van der Waals surface area (Å²) in [6.07, 6.45) is -4.48. The maximum Gasteiger partial charge on any atom is 0.429 e. The minimum absolute atomic E-state index is 0.145. The van der Waals surface area contributed by atoms with Crippen LogP contribution in [0.4, 0.5) is 17.6 Å². The largest absolute Gasteiger partial charge is 0.480 e. The average Bonchev–Trinajstić information content (AvgIpc) is 2.87. The molecule has 4 aromatic rings. The summed E-state index contributed by atoms with van der Waals surface area (Å²) < 4.78 is 60.1. The summed E-state index contributed by atoms with van der Waals surface area (Å²) in [5, 5.41) is 8.92. The third kappa shape index (κ3) is 6.47. The Morgan fingerprint density at radius 2 is 1.59 bits per heavy atom. The Hall–Kier alpha value is -4.31. The van der Waals surface area contributed by atoms with Crippen molar-refractivity contribution in [1.82, 2.24) is 9.97 Å². The summed E-state index contributed by atoms with van der Waals surface area (Å²) in [7, 11) is 0. The van der Waals surface area contributed by atoms with Crippen molar-refractivity contribution in [3.63, 3.8) is 0 Å². The highest BCUT2D eigenvalue weighted by Gasteiger charge is 2.43. The van der Waals surface area contributed by atoms with Gasteiger partial charge >= 0.3 is 12.1 Å². The fourth-order valence-electron chi connectivity index (χ4n) is 3.64. The van der Waals surface area contributed by atoms with E-state index in [0.29, 0.717) is 27.9 Å². The molecule has 0 saturated carbocycles. The van der Waals surface area contributed by atoms with E-state index < -0.39 is 30.1 Å². The predicted molar refractivity (Wildman–Crippen MR) is 128 cm³/mol. The molecule has 0 fully saturated rings. The van der Waals surface area contributed by atoms with Gasteiger partial charge in [0.15, 0.2) is 0 Å². The number of alkyl halides is 3. The number of carboxylic acid groups (broad SMARTS) is 1. The maximum atomic E-state index is 13.8. The van der Waals surface area contributed by atoms with Crippen molar-refractivity contribution in [3.05, 3.63) is 102 Å². The van der Waals surface area contributed by atoms with Crippen LogP contribution in [-0.2, 0) is 11.2 Å². The number of nitrogens with zero attached hydrogens (tertiary/aromatic N) is 2. The molecule has 0 spiro atoms. The van der Waals surface area contributed by atoms with Crippen LogP contribution in [0.25, 0.3) is 22.4 Å². The Morgan fingerprint density at radius 3 is 2.16 bits per heavy atom. The van der Waals surface area contributed by atoms with Gasteiger partial charge in [-0.2, -0.15) is 13.2 Å². The summed E-state index contributed by atoms with van der Waals surface area (Å²) in [4.78, 5) is 19.0. The number of halogens is 4. The second-order valence-corrected chi connectivity index (χ2v) is 8.26. The third-order valence-electron chi connectivity index (χ3n) is 5.56. The molecule has 1 unspecified atom stereocenters. The first-order chi connectivity index (χ1) is 17.6. The molecule has 4 rings (SSSR count). The van der Waals surface area contributed by atoms with Gasteiger partial charge in [-0.1, -0.05) is 60.7 Å². The zero-order valence-electron chi connectivity index (χ0n) is 19.2. The molecule has 3 aromatic carbocycles. The molecule has 3 N–H and O–H groups in total. The number of ether oxygens (including phenoxy) is 1. The van der Waals surface area contributed by atoms with Crippen LogP contribution >= 0.6 is 0 Å². The van der Waals surface area contributed by atoms with E-state index in [0.717, 1.165) is 6.20 Å². The second kappa shape index (κ2) is 10.8. The van der Waals surface area contributed by atoms with Crippen molar-refractivity contribution < 1.29 is 32.2 Å². The van der Waals surface area contributed by atoms with Gasteiger partial charge in [-0.15, -0.1) is 0 Å². The molecule has 0 saturated heterocycles. The van der Waals surface area contributed by atoms with Gasteiger partial charge in [-0.25, -0.2) is 14.4 Å². The first-order valence-corrected chi connectivity index (χ1v) is 11.1. The number of carboxylic acids is 1. The van der Waals surface area contributed by atoms with Crippen LogP contribution < -0.4 is 10.5 Å². The summed E-state index contributed by atoms with van der Waals surface area (Å²) in [5.41, 5.74) is 8.22. The molecule has 1 heterocycles. The molecule has 6 nitrogen and oxygen atoms in total. The van der Waals surface area contributed by atoms with Gasteiger partial charge in [-0.05, 0) is 35.2 Å². The second-order valence-electron chi connectivity index (χ2n) is 8.26. The lowest BCUT2D eigenvalue weighted by Crippen LogP contribution is -2.32. The van der Waals surface area contributed by atoms with Gasteiger partial charge in [0.2, 0.25) is 12.0 Å². The normalized spacial score (nSPS) is 13.1. The lowest BCUT2D eigenvalue weighted by molar-refractivity contribution is -0.198. The highest BCUT2D eigenvalue weighted by atomic mass is 19.4. The van der Waals surface area contributed by atoms with Gasteiger partial charge in [-0.3, -0.25) is 4.79 Å². The number of aromatic nitrogens is 2. The van der Waals surface area contributed by atoms with Gasteiger partial charge in [0.1, 0.15) is 11.9 Å². The van der Waals surface area contributed by atoms with E-state index in [-0.39, 0.29) is 17.9 Å². The SMILES string of the molecule is N[C@@H](Cc1ccc(-c2cnc(OC(c3ccc(-c4cccc(F)c4)cc3)C(F)(F)F)cn2)cc1)C(=O)O. The van der Waals surface area contributed by atoms with Crippen LogP contribution in [0.2, 0.25) is 0 Å². The molecule has 0 amide bonds. The summed E-state index contributed by atoms with van der Waals surface area (Å²) >= 11 is 0. The van der Waals surface area contributed by atoms with Crippen LogP contribution in [0.15, 0.2) is 85.2 Å². The summed E-state index contributed by atoms with van der Waals surface area (Å²) in [6, 6.07) is 17.0. The van der Waals surface area contributed by atoms with Crippen molar-refractivity contribution in [1.29, 1.82) is 0 Å². The zero-order valence-corrected chi connectivity index (χ0v) is 19.2. The van der Waals surface area contributed by atoms with E-state index in [4.69, 9.17) is 15.6 Å². The number of aliphatic carboxylic acids is 1. The third-order valence-corrected chi connectivity index (χ3v) is 5.56. The standard InChI is InChI=1S/C27H21F4N3O3/c28-21-3-1-2-20(13-21)17-8-10-19(11-9-17)25(27(29,30)31)37-24-15-33-23(14-34-24)18-6-4-16(5-7-18)12-22(32)26(35)36/h1-11,13-15,22,25H,12,32H2,(H,35,36)/t22-,25?/m0/s1.